The topological polar surface area (TPSA) is 46.3 Å². The summed E-state index contributed by atoms with van der Waals surface area (Å²) in [6.07, 6.45) is 4.85. The van der Waals surface area contributed by atoms with Crippen molar-refractivity contribution in [3.05, 3.63) is 23.8 Å². The molecule has 0 amide bonds. The first-order valence-corrected chi connectivity index (χ1v) is 8.34. The maximum atomic E-state index is 12.4. The summed E-state index contributed by atoms with van der Waals surface area (Å²) in [5.41, 5.74) is 7.56. The van der Waals surface area contributed by atoms with Crippen LogP contribution in [0.2, 0.25) is 0 Å². The van der Waals surface area contributed by atoms with Crippen molar-refractivity contribution in [1.82, 2.24) is 4.90 Å². The molecule has 106 valence electrons. The zero-order valence-electron chi connectivity index (χ0n) is 11.9. The molecule has 2 N–H and O–H groups in total. The third-order valence-electron chi connectivity index (χ3n) is 4.02. The van der Waals surface area contributed by atoms with Crippen LogP contribution in [0.25, 0.3) is 0 Å². The molecule has 0 saturated carbocycles. The van der Waals surface area contributed by atoms with Crippen LogP contribution in [0.1, 0.15) is 31.2 Å². The molecule has 1 aliphatic rings. The molecule has 1 aliphatic heterocycles. The molecular formula is C15H24N2OS. The fraction of sp³-hybridized carbons (Fsp3) is 0.600. The lowest BCUT2D eigenvalue weighted by Gasteiger charge is -2.32. The van der Waals surface area contributed by atoms with Crippen LogP contribution in [0.3, 0.4) is 0 Å². The van der Waals surface area contributed by atoms with Crippen molar-refractivity contribution in [2.75, 3.05) is 25.1 Å². The average Bonchev–Trinajstić information content (AvgIpc) is 2.40. The van der Waals surface area contributed by atoms with Gasteiger partial charge in [-0.1, -0.05) is 12.5 Å². The molecule has 0 spiro atoms. The Morgan fingerprint density at radius 1 is 1.42 bits per heavy atom. The monoisotopic (exact) mass is 280 g/mol. The average molecular weight is 280 g/mol. The summed E-state index contributed by atoms with van der Waals surface area (Å²) in [4.78, 5) is 3.31. The number of hydrogen-bond donors (Lipinski definition) is 1. The Labute approximate surface area is 118 Å². The lowest BCUT2D eigenvalue weighted by Crippen LogP contribution is -2.37. The van der Waals surface area contributed by atoms with Crippen LogP contribution in [0.5, 0.6) is 0 Å². The molecular weight excluding hydrogens is 256 g/mol. The number of aryl methyl sites for hydroxylation is 1. The Bertz CT molecular complexity index is 461. The smallest absolute Gasteiger partial charge is 0.0533 e. The largest absolute Gasteiger partial charge is 0.399 e. The van der Waals surface area contributed by atoms with Crippen molar-refractivity contribution in [3.63, 3.8) is 0 Å². The van der Waals surface area contributed by atoms with E-state index in [9.17, 15) is 4.21 Å². The van der Waals surface area contributed by atoms with Gasteiger partial charge in [0.1, 0.15) is 0 Å². The summed E-state index contributed by atoms with van der Waals surface area (Å²) in [7, 11) is 1.25. The van der Waals surface area contributed by atoms with E-state index in [1.807, 2.05) is 25.1 Å². The van der Waals surface area contributed by atoms with Crippen LogP contribution < -0.4 is 5.73 Å². The van der Waals surface area contributed by atoms with E-state index < -0.39 is 10.8 Å². The molecule has 1 fully saturated rings. The molecule has 1 aromatic carbocycles. The van der Waals surface area contributed by atoms with Gasteiger partial charge in [-0.05, 0) is 57.5 Å². The van der Waals surface area contributed by atoms with Crippen LogP contribution in [-0.2, 0) is 10.8 Å². The zero-order chi connectivity index (χ0) is 13.8. The minimum Gasteiger partial charge on any atom is -0.399 e. The second kappa shape index (κ2) is 6.53. The molecule has 0 bridgehead atoms. The molecule has 2 atom stereocenters. The van der Waals surface area contributed by atoms with Crippen molar-refractivity contribution < 1.29 is 4.21 Å². The Balaban J connectivity index is 1.95. The quantitative estimate of drug-likeness (QED) is 0.862. The van der Waals surface area contributed by atoms with Gasteiger partial charge in [0.2, 0.25) is 0 Å². The van der Waals surface area contributed by atoms with Crippen molar-refractivity contribution in [1.29, 1.82) is 0 Å². The fourth-order valence-electron chi connectivity index (χ4n) is 2.72. The number of likely N-dealkylation sites (tertiary alicyclic amines) is 1. The van der Waals surface area contributed by atoms with E-state index in [-0.39, 0.29) is 0 Å². The van der Waals surface area contributed by atoms with E-state index >= 15 is 0 Å². The Morgan fingerprint density at radius 3 is 2.95 bits per heavy atom. The second-order valence-corrected chi connectivity index (χ2v) is 7.03. The molecule has 1 heterocycles. The molecule has 1 saturated heterocycles. The van der Waals surface area contributed by atoms with Crippen molar-refractivity contribution in [2.24, 2.45) is 0 Å². The predicted molar refractivity (Wildman–Crippen MR) is 81.8 cm³/mol. The highest BCUT2D eigenvalue weighted by molar-refractivity contribution is 7.85. The third-order valence-corrected chi connectivity index (χ3v) is 5.55. The lowest BCUT2D eigenvalue weighted by atomic mass is 10.0. The van der Waals surface area contributed by atoms with Gasteiger partial charge in [-0.15, -0.1) is 0 Å². The first-order valence-electron chi connectivity index (χ1n) is 7.02. The van der Waals surface area contributed by atoms with Crippen LogP contribution in [0.4, 0.5) is 5.69 Å². The van der Waals surface area contributed by atoms with E-state index in [4.69, 9.17) is 5.73 Å². The van der Waals surface area contributed by atoms with Gasteiger partial charge in [-0.3, -0.25) is 4.21 Å². The summed E-state index contributed by atoms with van der Waals surface area (Å²) in [6, 6.07) is 6.27. The minimum atomic E-state index is -0.929. The van der Waals surface area contributed by atoms with E-state index in [2.05, 4.69) is 11.9 Å². The van der Waals surface area contributed by atoms with Gasteiger partial charge in [-0.2, -0.15) is 0 Å². The lowest BCUT2D eigenvalue weighted by molar-refractivity contribution is 0.182. The number of nitrogens with two attached hydrogens (primary N) is 1. The number of nitrogens with zero attached hydrogens (tertiary/aromatic N) is 1. The summed E-state index contributed by atoms with van der Waals surface area (Å²) in [6.45, 7) is 3.17. The normalized spacial score (nSPS) is 22.3. The van der Waals surface area contributed by atoms with Crippen molar-refractivity contribution in [2.45, 2.75) is 43.5 Å². The second-order valence-electron chi connectivity index (χ2n) is 5.49. The third kappa shape index (κ3) is 3.80. The van der Waals surface area contributed by atoms with E-state index in [0.29, 0.717) is 11.7 Å². The van der Waals surface area contributed by atoms with Crippen molar-refractivity contribution >= 4 is 16.5 Å². The molecule has 0 aromatic heterocycles. The minimum absolute atomic E-state index is 0.596. The number of rotatable bonds is 4. The summed E-state index contributed by atoms with van der Waals surface area (Å²) in [5.74, 6) is 0.735. The Hall–Kier alpha value is -0.870. The maximum absolute atomic E-state index is 12.4. The maximum Gasteiger partial charge on any atom is 0.0533 e. The Kier molecular flexibility index (Phi) is 4.99. The molecule has 2 rings (SSSR count). The van der Waals surface area contributed by atoms with E-state index in [0.717, 1.165) is 22.6 Å². The first kappa shape index (κ1) is 14.5. The van der Waals surface area contributed by atoms with Crippen LogP contribution in [0, 0.1) is 6.92 Å². The highest BCUT2D eigenvalue weighted by Gasteiger charge is 2.20. The van der Waals surface area contributed by atoms with Gasteiger partial charge in [0.05, 0.1) is 10.8 Å². The van der Waals surface area contributed by atoms with Gasteiger partial charge >= 0.3 is 0 Å². The molecule has 4 heteroatoms. The molecule has 3 nitrogen and oxygen atoms in total. The summed E-state index contributed by atoms with van der Waals surface area (Å²) >= 11 is 0. The van der Waals surface area contributed by atoms with Crippen LogP contribution in [0.15, 0.2) is 23.1 Å². The summed E-state index contributed by atoms with van der Waals surface area (Å²) < 4.78 is 12.4. The number of piperidine rings is 1. The highest BCUT2D eigenvalue weighted by Crippen LogP contribution is 2.21. The molecule has 0 radical (unpaired) electrons. The number of nitrogen functional groups attached to an aromatic ring is 1. The van der Waals surface area contributed by atoms with Gasteiger partial charge in [0.25, 0.3) is 0 Å². The highest BCUT2D eigenvalue weighted by atomic mass is 32.2. The Morgan fingerprint density at radius 2 is 2.21 bits per heavy atom. The fourth-order valence-corrected chi connectivity index (χ4v) is 4.12. The first-order chi connectivity index (χ1) is 9.08. The molecule has 0 aliphatic carbocycles. The standard InChI is InChI=1S/C15H24N2OS/c1-12-6-7-13(16)11-15(12)19(18)10-8-14-5-3-4-9-17(14)2/h6-7,11,14H,3-5,8-10,16H2,1-2H3. The van der Waals surface area contributed by atoms with Gasteiger partial charge in [0, 0.05) is 22.4 Å². The van der Waals surface area contributed by atoms with Crippen LogP contribution in [-0.4, -0.2) is 34.5 Å². The van der Waals surface area contributed by atoms with Gasteiger partial charge < -0.3 is 10.6 Å². The molecule has 19 heavy (non-hydrogen) atoms. The number of benzene rings is 1. The summed E-state index contributed by atoms with van der Waals surface area (Å²) in [5, 5.41) is 0. The SMILES string of the molecule is Cc1ccc(N)cc1S(=O)CCC1CCCCN1C. The number of hydrogen-bond acceptors (Lipinski definition) is 3. The van der Waals surface area contributed by atoms with Gasteiger partial charge in [-0.25, -0.2) is 0 Å². The van der Waals surface area contributed by atoms with Crippen molar-refractivity contribution in [3.8, 4) is 0 Å². The zero-order valence-corrected chi connectivity index (χ0v) is 12.7. The molecule has 1 aromatic rings. The number of anilines is 1. The van der Waals surface area contributed by atoms with Gasteiger partial charge in [0.15, 0.2) is 0 Å². The predicted octanol–water partition coefficient (Wildman–Crippen LogP) is 2.56. The molecule has 2 unspecified atom stereocenters. The van der Waals surface area contributed by atoms with Crippen LogP contribution >= 0.6 is 0 Å². The van der Waals surface area contributed by atoms with E-state index in [1.54, 1.807) is 0 Å². The van der Waals surface area contributed by atoms with E-state index in [1.165, 1.54) is 25.8 Å².